The summed E-state index contributed by atoms with van der Waals surface area (Å²) in [7, 11) is 1.58. The van der Waals surface area contributed by atoms with Gasteiger partial charge in [0.05, 0.1) is 13.2 Å². The Kier molecular flexibility index (Phi) is 5.13. The molecule has 2 aromatic rings. The standard InChI is InChI=1S/C17H21NO2/c1-13(8-9-14-6-4-3-5-7-14)17(19)15-10-11-16(20-2)18-12-15/h3-7,10-13,17,19H,8-9H2,1-2H3. The molecule has 0 spiro atoms. The van der Waals surface area contributed by atoms with Crippen LogP contribution < -0.4 is 4.74 Å². The van der Waals surface area contributed by atoms with Crippen molar-refractivity contribution < 1.29 is 9.84 Å². The fourth-order valence-corrected chi connectivity index (χ4v) is 2.21. The van der Waals surface area contributed by atoms with E-state index in [1.807, 2.05) is 24.3 Å². The molecule has 0 aliphatic rings. The van der Waals surface area contributed by atoms with Crippen molar-refractivity contribution >= 4 is 0 Å². The van der Waals surface area contributed by atoms with Gasteiger partial charge in [-0.15, -0.1) is 0 Å². The van der Waals surface area contributed by atoms with Crippen LogP contribution in [0.5, 0.6) is 5.88 Å². The topological polar surface area (TPSA) is 42.4 Å². The minimum atomic E-state index is -0.489. The molecular formula is C17H21NO2. The summed E-state index contributed by atoms with van der Waals surface area (Å²) < 4.78 is 5.02. The zero-order chi connectivity index (χ0) is 14.4. The monoisotopic (exact) mass is 271 g/mol. The smallest absolute Gasteiger partial charge is 0.212 e. The van der Waals surface area contributed by atoms with E-state index < -0.39 is 6.10 Å². The molecule has 3 heteroatoms. The van der Waals surface area contributed by atoms with Gasteiger partial charge in [-0.1, -0.05) is 37.3 Å². The third kappa shape index (κ3) is 3.81. The van der Waals surface area contributed by atoms with Crippen LogP contribution in [0.2, 0.25) is 0 Å². The van der Waals surface area contributed by atoms with Crippen molar-refractivity contribution in [1.29, 1.82) is 0 Å². The Morgan fingerprint density at radius 1 is 1.15 bits per heavy atom. The summed E-state index contributed by atoms with van der Waals surface area (Å²) in [5.74, 6) is 0.753. The number of nitrogens with zero attached hydrogens (tertiary/aromatic N) is 1. The van der Waals surface area contributed by atoms with Gasteiger partial charge in [0.15, 0.2) is 0 Å². The van der Waals surface area contributed by atoms with E-state index in [0.717, 1.165) is 18.4 Å². The first kappa shape index (κ1) is 14.5. The minimum Gasteiger partial charge on any atom is -0.481 e. The zero-order valence-corrected chi connectivity index (χ0v) is 12.0. The van der Waals surface area contributed by atoms with Gasteiger partial charge in [0.1, 0.15) is 0 Å². The van der Waals surface area contributed by atoms with Gasteiger partial charge in [-0.25, -0.2) is 4.98 Å². The second kappa shape index (κ2) is 7.06. The Morgan fingerprint density at radius 3 is 2.50 bits per heavy atom. The molecule has 2 rings (SSSR count). The molecule has 0 aliphatic heterocycles. The Bertz CT molecular complexity index is 510. The Morgan fingerprint density at radius 2 is 1.90 bits per heavy atom. The first-order chi connectivity index (χ1) is 9.70. The summed E-state index contributed by atoms with van der Waals surface area (Å²) >= 11 is 0. The molecule has 3 nitrogen and oxygen atoms in total. The van der Waals surface area contributed by atoms with Gasteiger partial charge in [-0.05, 0) is 36.0 Å². The van der Waals surface area contributed by atoms with Crippen LogP contribution in [0.1, 0.15) is 30.6 Å². The van der Waals surface area contributed by atoms with E-state index >= 15 is 0 Å². The first-order valence-electron chi connectivity index (χ1n) is 6.92. The third-order valence-electron chi connectivity index (χ3n) is 3.58. The van der Waals surface area contributed by atoms with Crippen LogP contribution in [-0.4, -0.2) is 17.2 Å². The van der Waals surface area contributed by atoms with Gasteiger partial charge in [0.25, 0.3) is 0 Å². The first-order valence-corrected chi connectivity index (χ1v) is 6.92. The molecule has 0 radical (unpaired) electrons. The molecule has 1 N–H and O–H groups in total. The fourth-order valence-electron chi connectivity index (χ4n) is 2.21. The lowest BCUT2D eigenvalue weighted by Crippen LogP contribution is -2.10. The lowest BCUT2D eigenvalue weighted by molar-refractivity contribution is 0.112. The molecule has 0 bridgehead atoms. The number of benzene rings is 1. The summed E-state index contributed by atoms with van der Waals surface area (Å²) in [6.07, 6.45) is 3.11. The van der Waals surface area contributed by atoms with Crippen molar-refractivity contribution in [3.63, 3.8) is 0 Å². The number of aromatic nitrogens is 1. The average molecular weight is 271 g/mol. The lowest BCUT2D eigenvalue weighted by Gasteiger charge is -2.19. The van der Waals surface area contributed by atoms with E-state index in [1.54, 1.807) is 19.4 Å². The van der Waals surface area contributed by atoms with Gasteiger partial charge >= 0.3 is 0 Å². The number of pyridine rings is 1. The van der Waals surface area contributed by atoms with E-state index in [1.165, 1.54) is 5.56 Å². The fraction of sp³-hybridized carbons (Fsp3) is 0.353. The largest absolute Gasteiger partial charge is 0.481 e. The molecule has 0 saturated heterocycles. The highest BCUT2D eigenvalue weighted by molar-refractivity contribution is 5.20. The van der Waals surface area contributed by atoms with Crippen molar-refractivity contribution in [3.8, 4) is 5.88 Å². The molecule has 2 unspecified atom stereocenters. The molecule has 1 aromatic heterocycles. The van der Waals surface area contributed by atoms with Crippen molar-refractivity contribution in [2.75, 3.05) is 7.11 Å². The van der Waals surface area contributed by atoms with Gasteiger partial charge < -0.3 is 9.84 Å². The normalized spacial score (nSPS) is 13.8. The van der Waals surface area contributed by atoms with Crippen molar-refractivity contribution in [3.05, 3.63) is 59.8 Å². The summed E-state index contributed by atoms with van der Waals surface area (Å²) in [6, 6.07) is 14.0. The molecule has 20 heavy (non-hydrogen) atoms. The second-order valence-corrected chi connectivity index (χ2v) is 5.08. The number of ether oxygens (including phenoxy) is 1. The van der Waals surface area contributed by atoms with Gasteiger partial charge in [0.2, 0.25) is 5.88 Å². The van der Waals surface area contributed by atoms with Crippen LogP contribution in [0.15, 0.2) is 48.7 Å². The number of aliphatic hydroxyl groups is 1. The SMILES string of the molecule is COc1ccc(C(O)C(C)CCc2ccccc2)cn1. The number of hydrogen-bond acceptors (Lipinski definition) is 3. The van der Waals surface area contributed by atoms with E-state index in [2.05, 4.69) is 24.0 Å². The highest BCUT2D eigenvalue weighted by Crippen LogP contribution is 2.25. The Balaban J connectivity index is 1.92. The average Bonchev–Trinajstić information content (AvgIpc) is 2.53. The molecule has 106 valence electrons. The van der Waals surface area contributed by atoms with E-state index in [4.69, 9.17) is 4.74 Å². The van der Waals surface area contributed by atoms with Crippen LogP contribution in [0.3, 0.4) is 0 Å². The predicted octanol–water partition coefficient (Wildman–Crippen LogP) is 3.39. The highest BCUT2D eigenvalue weighted by Gasteiger charge is 2.16. The maximum atomic E-state index is 10.3. The van der Waals surface area contributed by atoms with Gasteiger partial charge in [-0.2, -0.15) is 0 Å². The van der Waals surface area contributed by atoms with Crippen LogP contribution in [-0.2, 0) is 6.42 Å². The summed E-state index contributed by atoms with van der Waals surface area (Å²) in [5.41, 5.74) is 2.14. The number of methoxy groups -OCH3 is 1. The number of hydrogen-bond donors (Lipinski definition) is 1. The quantitative estimate of drug-likeness (QED) is 0.875. The molecule has 0 fully saturated rings. The van der Waals surface area contributed by atoms with E-state index in [0.29, 0.717) is 5.88 Å². The van der Waals surface area contributed by atoms with Crippen molar-refractivity contribution in [2.45, 2.75) is 25.9 Å². The van der Waals surface area contributed by atoms with E-state index in [-0.39, 0.29) is 5.92 Å². The van der Waals surface area contributed by atoms with Crippen LogP contribution in [0.25, 0.3) is 0 Å². The minimum absolute atomic E-state index is 0.186. The van der Waals surface area contributed by atoms with Crippen LogP contribution in [0.4, 0.5) is 0 Å². The summed E-state index contributed by atoms with van der Waals surface area (Å²) in [6.45, 7) is 2.07. The molecule has 0 amide bonds. The second-order valence-electron chi connectivity index (χ2n) is 5.08. The number of aryl methyl sites for hydroxylation is 1. The number of rotatable bonds is 6. The maximum Gasteiger partial charge on any atom is 0.212 e. The van der Waals surface area contributed by atoms with Gasteiger partial charge in [-0.3, -0.25) is 0 Å². The zero-order valence-electron chi connectivity index (χ0n) is 12.0. The highest BCUT2D eigenvalue weighted by atomic mass is 16.5. The Hall–Kier alpha value is -1.87. The maximum absolute atomic E-state index is 10.3. The van der Waals surface area contributed by atoms with Gasteiger partial charge in [0, 0.05) is 12.3 Å². The molecule has 2 atom stereocenters. The molecule has 0 saturated carbocycles. The number of aliphatic hydroxyl groups excluding tert-OH is 1. The van der Waals surface area contributed by atoms with Crippen molar-refractivity contribution in [2.24, 2.45) is 5.92 Å². The summed E-state index contributed by atoms with van der Waals surface area (Å²) in [4.78, 5) is 4.14. The molecular weight excluding hydrogens is 250 g/mol. The molecule has 0 aliphatic carbocycles. The third-order valence-corrected chi connectivity index (χ3v) is 3.58. The van der Waals surface area contributed by atoms with Crippen LogP contribution in [0, 0.1) is 5.92 Å². The Labute approximate surface area is 120 Å². The predicted molar refractivity (Wildman–Crippen MR) is 79.7 cm³/mol. The van der Waals surface area contributed by atoms with Crippen LogP contribution >= 0.6 is 0 Å². The van der Waals surface area contributed by atoms with E-state index in [9.17, 15) is 5.11 Å². The lowest BCUT2D eigenvalue weighted by atomic mass is 9.92. The molecule has 1 heterocycles. The summed E-state index contributed by atoms with van der Waals surface area (Å²) in [5, 5.41) is 10.3. The molecule has 1 aromatic carbocycles. The van der Waals surface area contributed by atoms with Crippen molar-refractivity contribution in [1.82, 2.24) is 4.98 Å².